The molecule has 0 saturated carbocycles. The maximum absolute atomic E-state index is 4.56. The fourth-order valence-electron chi connectivity index (χ4n) is 9.71. The van der Waals surface area contributed by atoms with E-state index < -0.39 is 0 Å². The molecule has 2 rings (SSSR count). The Morgan fingerprint density at radius 1 is 0.643 bits per heavy atom. The van der Waals surface area contributed by atoms with Crippen LogP contribution in [0, 0.1) is 33.5 Å². The molecule has 0 bridgehead atoms. The quantitative estimate of drug-likeness (QED) is 0.144. The van der Waals surface area contributed by atoms with Crippen LogP contribution in [0.5, 0.6) is 0 Å². The van der Waals surface area contributed by atoms with Crippen LogP contribution in [0.25, 0.3) is 0 Å². The Bertz CT molecular complexity index is 799. The van der Waals surface area contributed by atoms with E-state index in [4.69, 9.17) is 0 Å². The van der Waals surface area contributed by atoms with Gasteiger partial charge in [-0.15, -0.1) is 13.2 Å². The van der Waals surface area contributed by atoms with Gasteiger partial charge in [0.15, 0.2) is 0 Å². The van der Waals surface area contributed by atoms with Crippen molar-refractivity contribution in [2.75, 3.05) is 60.7 Å². The molecule has 2 saturated heterocycles. The van der Waals surface area contributed by atoms with Gasteiger partial charge in [-0.05, 0) is 67.2 Å². The second-order valence-electron chi connectivity index (χ2n) is 19.6. The zero-order valence-electron chi connectivity index (χ0n) is 31.2. The third-order valence-electron chi connectivity index (χ3n) is 9.35. The highest BCUT2D eigenvalue weighted by Gasteiger charge is 2.40. The van der Waals surface area contributed by atoms with E-state index in [2.05, 4.69) is 122 Å². The van der Waals surface area contributed by atoms with Gasteiger partial charge < -0.3 is 8.97 Å². The second kappa shape index (κ2) is 14.9. The summed E-state index contributed by atoms with van der Waals surface area (Å²) in [5, 5.41) is 0. The second-order valence-corrected chi connectivity index (χ2v) is 19.6. The minimum absolute atomic E-state index is 0.341. The first-order chi connectivity index (χ1) is 18.9. The van der Waals surface area contributed by atoms with E-state index in [-0.39, 0.29) is 0 Å². The summed E-state index contributed by atoms with van der Waals surface area (Å²) in [6, 6.07) is 0. The molecule has 3 nitrogen and oxygen atoms in total. The molecule has 2 fully saturated rings. The largest absolute Gasteiger partial charge is 0.313 e. The maximum Gasteiger partial charge on any atom is 0.138 e. The fraction of sp³-hybridized carbons (Fsp3) is 0.846. The number of quaternary nitrogens is 2. The van der Waals surface area contributed by atoms with Crippen LogP contribution in [0.4, 0.5) is 0 Å². The zero-order valence-corrected chi connectivity index (χ0v) is 31.2. The molecule has 2 heterocycles. The molecule has 3 heteroatoms. The first kappa shape index (κ1) is 39.1. The lowest BCUT2D eigenvalue weighted by Crippen LogP contribution is -2.55. The number of likely N-dealkylation sites (tertiary alicyclic amines) is 2. The van der Waals surface area contributed by atoms with Crippen molar-refractivity contribution in [3.05, 3.63) is 37.5 Å². The van der Waals surface area contributed by atoms with Gasteiger partial charge in [-0.2, -0.15) is 0 Å². The van der Waals surface area contributed by atoms with Gasteiger partial charge in [0.2, 0.25) is 0 Å². The Morgan fingerprint density at radius 2 is 0.952 bits per heavy atom. The summed E-state index contributed by atoms with van der Waals surface area (Å²) in [5.74, 6) is 1.59. The van der Waals surface area contributed by atoms with Gasteiger partial charge >= 0.3 is 0 Å². The van der Waals surface area contributed by atoms with Crippen molar-refractivity contribution in [2.24, 2.45) is 33.5 Å². The smallest absolute Gasteiger partial charge is 0.138 e. The summed E-state index contributed by atoms with van der Waals surface area (Å²) < 4.78 is 2.39. The van der Waals surface area contributed by atoms with E-state index in [9.17, 15) is 0 Å². The van der Waals surface area contributed by atoms with Gasteiger partial charge in [-0.25, -0.2) is 4.90 Å². The van der Waals surface area contributed by atoms with E-state index in [1.165, 1.54) is 111 Å². The van der Waals surface area contributed by atoms with Crippen LogP contribution >= 0.6 is 0 Å². The Hall–Kier alpha value is -0.900. The number of hydrogen-bond donors (Lipinski definition) is 0. The van der Waals surface area contributed by atoms with Crippen molar-refractivity contribution in [1.82, 2.24) is 4.90 Å². The molecular weight excluding hydrogens is 510 g/mol. The van der Waals surface area contributed by atoms with Gasteiger partial charge in [0.1, 0.15) is 13.3 Å². The third-order valence-corrected chi connectivity index (χ3v) is 9.35. The summed E-state index contributed by atoms with van der Waals surface area (Å²) in [6.07, 6.45) is 9.99. The molecule has 0 radical (unpaired) electrons. The molecule has 0 aromatic carbocycles. The van der Waals surface area contributed by atoms with E-state index >= 15 is 0 Å². The van der Waals surface area contributed by atoms with Crippen LogP contribution in [0.15, 0.2) is 37.5 Å². The highest BCUT2D eigenvalue weighted by Crippen LogP contribution is 2.41. The summed E-state index contributed by atoms with van der Waals surface area (Å²) in [6.45, 7) is 46.6. The minimum Gasteiger partial charge on any atom is -0.313 e. The van der Waals surface area contributed by atoms with E-state index in [0.29, 0.717) is 21.7 Å². The monoisotopic (exact) mass is 588 g/mol. The Balaban J connectivity index is 0.00000431. The van der Waals surface area contributed by atoms with Gasteiger partial charge in [0.25, 0.3) is 0 Å². The average Bonchev–Trinajstić information content (AvgIpc) is 3.26. The predicted octanol–water partition coefficient (Wildman–Crippen LogP) is 10.2. The molecule has 2 aliphatic rings. The zero-order chi connectivity index (χ0) is 32.8. The summed E-state index contributed by atoms with van der Waals surface area (Å²) in [4.78, 5) is 2.65. The SMILES string of the molecule is C=C.C=C(CC1CC[N+](C)(CN(C)C[N+]2(C)CCC(CC(=C)CC(C)(C)CC(C)(C)C)C2)C1)CC(C)(C)CC(C)(C)C. The topological polar surface area (TPSA) is 3.24 Å². The average molecular weight is 588 g/mol. The fourth-order valence-corrected chi connectivity index (χ4v) is 9.71. The van der Waals surface area contributed by atoms with Crippen LogP contribution in [0.2, 0.25) is 0 Å². The highest BCUT2D eigenvalue weighted by molar-refractivity contribution is 5.02. The van der Waals surface area contributed by atoms with Crippen molar-refractivity contribution >= 4 is 0 Å². The lowest BCUT2D eigenvalue weighted by Gasteiger charge is -2.38. The first-order valence-electron chi connectivity index (χ1n) is 17.1. The standard InChI is InChI=1S/C37H73N3.C2H4/c1-30(22-36(9,10)26-34(3,4)5)20-32-16-18-39(14,24-32)28-38(13)29-40(15)19-17-33(25-40)21-31(2)23-37(11,12)27-35(6,7)8;1-2/h32-33H,1-2,16-29H2,3-15H3;1-2H2/q+2;. The number of nitrogens with zero attached hydrogens (tertiary/aromatic N) is 3. The van der Waals surface area contributed by atoms with Crippen LogP contribution in [-0.2, 0) is 0 Å². The molecule has 0 N–H and O–H groups in total. The van der Waals surface area contributed by atoms with E-state index in [1.807, 2.05) is 0 Å². The molecule has 0 aromatic rings. The van der Waals surface area contributed by atoms with Gasteiger partial charge in [-0.3, -0.25) is 0 Å². The Labute approximate surface area is 265 Å². The Morgan fingerprint density at radius 3 is 1.24 bits per heavy atom. The van der Waals surface area contributed by atoms with Crippen LogP contribution in [0.3, 0.4) is 0 Å². The molecule has 4 atom stereocenters. The molecule has 42 heavy (non-hydrogen) atoms. The normalized spacial score (nSPS) is 27.2. The molecule has 246 valence electrons. The molecule has 0 spiro atoms. The number of rotatable bonds is 14. The van der Waals surface area contributed by atoms with Crippen molar-refractivity contribution in [3.8, 4) is 0 Å². The van der Waals surface area contributed by atoms with E-state index in [0.717, 1.165) is 11.8 Å². The van der Waals surface area contributed by atoms with Crippen LogP contribution in [-0.4, -0.2) is 74.5 Å². The highest BCUT2D eigenvalue weighted by atomic mass is 15.5. The van der Waals surface area contributed by atoms with Gasteiger partial charge in [-0.1, -0.05) is 93.5 Å². The van der Waals surface area contributed by atoms with Crippen molar-refractivity contribution in [1.29, 1.82) is 0 Å². The molecule has 0 aromatic heterocycles. The van der Waals surface area contributed by atoms with Crippen molar-refractivity contribution in [3.63, 3.8) is 0 Å². The van der Waals surface area contributed by atoms with Crippen molar-refractivity contribution in [2.45, 2.75) is 121 Å². The number of hydrogen-bond acceptors (Lipinski definition) is 1. The number of allylic oxidation sites excluding steroid dienone is 2. The van der Waals surface area contributed by atoms with Gasteiger partial charge in [0.05, 0.1) is 40.3 Å². The van der Waals surface area contributed by atoms with Crippen LogP contribution in [0.1, 0.15) is 121 Å². The lowest BCUT2D eigenvalue weighted by molar-refractivity contribution is -0.935. The molecule has 2 aliphatic heterocycles. The summed E-state index contributed by atoms with van der Waals surface area (Å²) in [5.41, 5.74) is 4.39. The lowest BCUT2D eigenvalue weighted by atomic mass is 9.72. The predicted molar refractivity (Wildman–Crippen MR) is 189 cm³/mol. The molecule has 4 unspecified atom stereocenters. The Kier molecular flexibility index (Phi) is 13.9. The summed E-state index contributed by atoms with van der Waals surface area (Å²) >= 11 is 0. The van der Waals surface area contributed by atoms with E-state index in [1.54, 1.807) is 0 Å². The molecule has 0 amide bonds. The summed E-state index contributed by atoms with van der Waals surface area (Å²) in [7, 11) is 7.37. The van der Waals surface area contributed by atoms with Gasteiger partial charge in [0, 0.05) is 24.7 Å². The molecular formula is C39H77N3+2. The van der Waals surface area contributed by atoms with Crippen LogP contribution < -0.4 is 0 Å². The maximum atomic E-state index is 4.56. The first-order valence-corrected chi connectivity index (χ1v) is 17.1. The van der Waals surface area contributed by atoms with Crippen molar-refractivity contribution < 1.29 is 8.97 Å². The third kappa shape index (κ3) is 15.2. The molecule has 0 aliphatic carbocycles. The minimum atomic E-state index is 0.341.